The molecule has 0 aliphatic rings. The molecule has 3 rings (SSSR count). The molecule has 7 heteroatoms. The summed E-state index contributed by atoms with van der Waals surface area (Å²) in [7, 11) is 1.47. The van der Waals surface area contributed by atoms with Crippen molar-refractivity contribution in [1.82, 2.24) is 10.3 Å². The summed E-state index contributed by atoms with van der Waals surface area (Å²) in [5.74, 6) is -0.781. The molecule has 0 unspecified atom stereocenters. The second-order valence-corrected chi connectivity index (χ2v) is 5.98. The zero-order valence-electron chi connectivity index (χ0n) is 14.0. The van der Waals surface area contributed by atoms with Gasteiger partial charge in [0.1, 0.15) is 5.69 Å². The summed E-state index contributed by atoms with van der Waals surface area (Å²) < 4.78 is 5.52. The Labute approximate surface area is 154 Å². The fraction of sp³-hybridized carbons (Fsp3) is 0.105. The van der Waals surface area contributed by atoms with E-state index in [9.17, 15) is 9.59 Å². The molecule has 0 spiro atoms. The number of amides is 2. The number of pyridine rings is 1. The van der Waals surface area contributed by atoms with Crippen molar-refractivity contribution in [3.8, 4) is 17.0 Å². The van der Waals surface area contributed by atoms with Gasteiger partial charge in [0.05, 0.1) is 24.7 Å². The van der Waals surface area contributed by atoms with E-state index in [0.29, 0.717) is 32.9 Å². The third-order valence-electron chi connectivity index (χ3n) is 3.82. The number of fused-ring (bicyclic) bond motifs is 1. The second-order valence-electron chi connectivity index (χ2n) is 5.54. The number of primary amides is 1. The lowest BCUT2D eigenvalue weighted by atomic mass is 10.0. The van der Waals surface area contributed by atoms with Crippen LogP contribution in [0.2, 0.25) is 5.02 Å². The van der Waals surface area contributed by atoms with Gasteiger partial charge in [-0.15, -0.1) is 0 Å². The van der Waals surface area contributed by atoms with Crippen LogP contribution in [-0.2, 0) is 4.79 Å². The largest absolute Gasteiger partial charge is 0.494 e. The van der Waals surface area contributed by atoms with Gasteiger partial charge in [0.15, 0.2) is 5.75 Å². The van der Waals surface area contributed by atoms with Crippen molar-refractivity contribution in [2.24, 2.45) is 5.73 Å². The molecule has 0 bridgehead atoms. The van der Waals surface area contributed by atoms with Gasteiger partial charge in [-0.1, -0.05) is 41.9 Å². The van der Waals surface area contributed by atoms with Crippen LogP contribution in [0.3, 0.4) is 0 Å². The topological polar surface area (TPSA) is 94.3 Å². The molecule has 132 valence electrons. The van der Waals surface area contributed by atoms with Crippen LogP contribution in [-0.4, -0.2) is 30.5 Å². The molecule has 0 fully saturated rings. The summed E-state index contributed by atoms with van der Waals surface area (Å²) in [6.07, 6.45) is 0. The fourth-order valence-corrected chi connectivity index (χ4v) is 2.80. The van der Waals surface area contributed by atoms with Gasteiger partial charge in [-0.25, -0.2) is 4.98 Å². The molecule has 26 heavy (non-hydrogen) atoms. The third-order valence-corrected chi connectivity index (χ3v) is 4.07. The number of carbonyl (C=O) groups excluding carboxylic acids is 2. The predicted octanol–water partition coefficient (Wildman–Crippen LogP) is 2.78. The highest BCUT2D eigenvalue weighted by Crippen LogP contribution is 2.36. The number of ether oxygens (including phenoxy) is 1. The van der Waals surface area contributed by atoms with Crippen molar-refractivity contribution >= 4 is 34.3 Å². The molecule has 1 heterocycles. The molecular weight excluding hydrogens is 354 g/mol. The molecule has 0 radical (unpaired) electrons. The lowest BCUT2D eigenvalue weighted by Gasteiger charge is -2.16. The minimum absolute atomic E-state index is 0.269. The number of aromatic nitrogens is 1. The molecule has 1 aromatic heterocycles. The molecule has 0 atom stereocenters. The molecular formula is C19H16ClN3O3. The van der Waals surface area contributed by atoms with Crippen LogP contribution in [0.4, 0.5) is 0 Å². The zero-order valence-corrected chi connectivity index (χ0v) is 14.7. The zero-order chi connectivity index (χ0) is 18.7. The predicted molar refractivity (Wildman–Crippen MR) is 100 cm³/mol. The quantitative estimate of drug-likeness (QED) is 0.723. The Kier molecular flexibility index (Phi) is 5.04. The Morgan fingerprint density at radius 2 is 1.85 bits per heavy atom. The highest BCUT2D eigenvalue weighted by Gasteiger charge is 2.22. The van der Waals surface area contributed by atoms with Crippen LogP contribution in [0, 0.1) is 0 Å². The minimum Gasteiger partial charge on any atom is -0.494 e. The maximum atomic E-state index is 12.7. The van der Waals surface area contributed by atoms with Gasteiger partial charge in [0.2, 0.25) is 5.91 Å². The average Bonchev–Trinajstić information content (AvgIpc) is 2.65. The number of methoxy groups -OCH3 is 1. The Balaban J connectivity index is 2.24. The van der Waals surface area contributed by atoms with Crippen molar-refractivity contribution < 1.29 is 14.3 Å². The highest BCUT2D eigenvalue weighted by molar-refractivity contribution is 6.30. The number of nitrogens with zero attached hydrogens (tertiary/aromatic N) is 1. The average molecular weight is 370 g/mol. The molecule has 0 saturated carbocycles. The summed E-state index contributed by atoms with van der Waals surface area (Å²) in [6.45, 7) is -0.269. The number of benzene rings is 2. The van der Waals surface area contributed by atoms with Crippen LogP contribution in [0.5, 0.6) is 5.75 Å². The molecule has 2 aromatic carbocycles. The standard InChI is InChI=1S/C19H16ClN3O3/c1-26-18-16(19(25)22-10-15(21)24)13-4-2-3-5-14(13)23-17(18)11-6-8-12(20)9-7-11/h2-9H,10H2,1H3,(H2,21,24)(H,22,25). The van der Waals surface area contributed by atoms with Crippen molar-refractivity contribution in [3.05, 3.63) is 59.1 Å². The van der Waals surface area contributed by atoms with Gasteiger partial charge in [-0.05, 0) is 18.2 Å². The number of hydrogen-bond acceptors (Lipinski definition) is 4. The van der Waals surface area contributed by atoms with E-state index in [1.807, 2.05) is 6.07 Å². The first-order valence-corrected chi connectivity index (χ1v) is 8.18. The highest BCUT2D eigenvalue weighted by atomic mass is 35.5. The molecule has 0 aliphatic heterocycles. The number of halogens is 1. The molecule has 3 N–H and O–H groups in total. The van der Waals surface area contributed by atoms with Gasteiger partial charge in [-0.3, -0.25) is 9.59 Å². The molecule has 0 saturated heterocycles. The minimum atomic E-state index is -0.631. The summed E-state index contributed by atoms with van der Waals surface area (Å²) in [5, 5.41) is 3.72. The van der Waals surface area contributed by atoms with Gasteiger partial charge in [0.25, 0.3) is 5.91 Å². The van der Waals surface area contributed by atoms with Gasteiger partial charge in [-0.2, -0.15) is 0 Å². The number of hydrogen-bond donors (Lipinski definition) is 2. The number of carbonyl (C=O) groups is 2. The first-order valence-electron chi connectivity index (χ1n) is 7.80. The number of para-hydroxylation sites is 1. The number of rotatable bonds is 5. The maximum absolute atomic E-state index is 12.7. The third kappa shape index (κ3) is 3.45. The normalized spacial score (nSPS) is 10.5. The summed E-state index contributed by atoms with van der Waals surface area (Å²) >= 11 is 5.96. The van der Waals surface area contributed by atoms with Crippen LogP contribution >= 0.6 is 11.6 Å². The van der Waals surface area contributed by atoms with E-state index in [0.717, 1.165) is 5.56 Å². The van der Waals surface area contributed by atoms with Gasteiger partial charge < -0.3 is 15.8 Å². The van der Waals surface area contributed by atoms with E-state index >= 15 is 0 Å². The smallest absolute Gasteiger partial charge is 0.256 e. The molecule has 2 amide bonds. The Bertz CT molecular complexity index is 987. The summed E-state index contributed by atoms with van der Waals surface area (Å²) in [6, 6.07) is 14.3. The van der Waals surface area contributed by atoms with Crippen LogP contribution in [0.1, 0.15) is 10.4 Å². The van der Waals surface area contributed by atoms with Crippen molar-refractivity contribution in [2.75, 3.05) is 13.7 Å². The van der Waals surface area contributed by atoms with Crippen LogP contribution in [0.25, 0.3) is 22.2 Å². The van der Waals surface area contributed by atoms with E-state index in [4.69, 9.17) is 22.1 Å². The first-order chi connectivity index (χ1) is 12.5. The first kappa shape index (κ1) is 17.7. The molecule has 6 nitrogen and oxygen atoms in total. The van der Waals surface area contributed by atoms with E-state index in [-0.39, 0.29) is 6.54 Å². The number of nitrogens with two attached hydrogens (primary N) is 1. The van der Waals surface area contributed by atoms with Gasteiger partial charge >= 0.3 is 0 Å². The van der Waals surface area contributed by atoms with Crippen molar-refractivity contribution in [3.63, 3.8) is 0 Å². The van der Waals surface area contributed by atoms with Crippen molar-refractivity contribution in [1.29, 1.82) is 0 Å². The van der Waals surface area contributed by atoms with E-state index in [2.05, 4.69) is 10.3 Å². The lowest BCUT2D eigenvalue weighted by Crippen LogP contribution is -2.33. The van der Waals surface area contributed by atoms with Crippen molar-refractivity contribution in [2.45, 2.75) is 0 Å². The van der Waals surface area contributed by atoms with Crippen LogP contribution in [0.15, 0.2) is 48.5 Å². The Morgan fingerprint density at radius 3 is 2.50 bits per heavy atom. The lowest BCUT2D eigenvalue weighted by molar-refractivity contribution is -0.117. The monoisotopic (exact) mass is 369 g/mol. The number of nitrogens with one attached hydrogen (secondary N) is 1. The van der Waals surface area contributed by atoms with E-state index in [1.165, 1.54) is 7.11 Å². The van der Waals surface area contributed by atoms with E-state index in [1.54, 1.807) is 42.5 Å². The Hall–Kier alpha value is -3.12. The van der Waals surface area contributed by atoms with E-state index < -0.39 is 11.8 Å². The molecule has 0 aliphatic carbocycles. The van der Waals surface area contributed by atoms with Gasteiger partial charge in [0, 0.05) is 16.0 Å². The fourth-order valence-electron chi connectivity index (χ4n) is 2.68. The SMILES string of the molecule is COc1c(-c2ccc(Cl)cc2)nc2ccccc2c1C(=O)NCC(N)=O. The Morgan fingerprint density at radius 1 is 1.15 bits per heavy atom. The maximum Gasteiger partial charge on any atom is 0.256 e. The second kappa shape index (κ2) is 7.41. The van der Waals surface area contributed by atoms with Crippen LogP contribution < -0.4 is 15.8 Å². The summed E-state index contributed by atoms with van der Waals surface area (Å²) in [4.78, 5) is 28.4. The molecule has 3 aromatic rings. The summed E-state index contributed by atoms with van der Waals surface area (Å²) in [5.41, 5.74) is 7.31.